The Morgan fingerprint density at radius 1 is 0.495 bits per heavy atom. The molecule has 4 atom stereocenters. The normalized spacial score (nSPS) is 13.1. The average Bonchev–Trinajstić information content (AvgIpc) is 1.40. The van der Waals surface area contributed by atoms with Gasteiger partial charge in [0.2, 0.25) is 0 Å². The number of hydrogen-bond acceptors (Lipinski definition) is 22. The third-order valence-corrected chi connectivity index (χ3v) is 25.1. The molecule has 520 valence electrons. The van der Waals surface area contributed by atoms with Crippen molar-refractivity contribution in [3.05, 3.63) is 136 Å². The van der Waals surface area contributed by atoms with Gasteiger partial charge in [-0.05, 0) is 95.5 Å². The van der Waals surface area contributed by atoms with Gasteiger partial charge in [0.05, 0.1) is 17.0 Å². The van der Waals surface area contributed by atoms with Crippen molar-refractivity contribution in [3.8, 4) is 0 Å². The lowest BCUT2D eigenvalue weighted by Gasteiger charge is -2.24. The molecule has 0 aliphatic heterocycles. The van der Waals surface area contributed by atoms with Crippen LogP contribution < -0.4 is 21.1 Å². The van der Waals surface area contributed by atoms with E-state index in [0.29, 0.717) is 49.4 Å². The number of pyridine rings is 1. The Balaban J connectivity index is 0.000000631. The molecule has 2 amide bonds. The van der Waals surface area contributed by atoms with Crippen LogP contribution in [0.2, 0.25) is 0 Å². The van der Waals surface area contributed by atoms with Gasteiger partial charge in [-0.1, -0.05) is 260 Å². The number of benzene rings is 3. The molecule has 0 fully saturated rings. The number of nitrogens with zero attached hydrogens (tertiary/aromatic N) is 2. The zero-order chi connectivity index (χ0) is 70.6. The van der Waals surface area contributed by atoms with E-state index in [0.717, 1.165) is 29.5 Å². The van der Waals surface area contributed by atoms with Crippen LogP contribution in [0.3, 0.4) is 0 Å². The lowest BCUT2D eigenvalue weighted by atomic mass is 10.0. The molecule has 0 saturated heterocycles. The number of carbonyl (C=O) groups excluding carboxylic acids is 5. The molecule has 1 aromatic heterocycles. The van der Waals surface area contributed by atoms with E-state index in [4.69, 9.17) is 20.3 Å². The molecular weight excluding hydrogens is 1350 g/mol. The number of alkyl carbamates (subject to hydrolysis) is 2. The first kappa shape index (κ1) is 87.3. The fourth-order valence-corrected chi connectivity index (χ4v) is 17.5. The van der Waals surface area contributed by atoms with Crippen molar-refractivity contribution in [3.63, 3.8) is 0 Å². The second kappa shape index (κ2) is 44.3. The minimum atomic E-state index is -1.06. The highest BCUT2D eigenvalue weighted by atomic mass is 33.1. The molecular formula is C67H102N6O11S9. The number of Topliss-reactive ketones (excluding diaryl/α,β-unsaturated/α-hetero) is 3. The van der Waals surface area contributed by atoms with Crippen LogP contribution in [-0.4, -0.2) is 128 Å². The molecule has 17 nitrogen and oxygen atoms in total. The standard InChI is InChI=1S/C20H25N3O3S3.C20H31NO3S2.C15H23NOS2.C12H23NO4S2/c1-20(2,3)29-27-14-16(18(24)12-11-15-8-5-4-6-9-15)22-28-19-17(23(25)26)10-7-13-21-19;1-19(2,3)24-18(23)21-16(14-25-26-20(4,5)6)17(22)13-12-15-10-8-7-9-11-15;1-15(2,3)19-18-11-13(16)14(17)10-9-12-7-5-4-6-8-12;1-11(2,3)17-10(16)13-8(9(14)15)7-18-19-12(4,5)6/h4-10,13,16,22H,11-12,14H2,1-3H3;7-11,16H,12-14H2,1-6H3,(H,21,23);4-8,13H,9-11,16H2,1-3H3;8H,7H2,1-6H3,(H,13,16)(H,14,15)/t2*16-;13-;8-/m0000/s1. The number of nitrogens with one attached hydrogen (secondary N) is 3. The van der Waals surface area contributed by atoms with E-state index in [9.17, 15) is 38.9 Å². The fourth-order valence-electron chi connectivity index (χ4n) is 6.69. The molecule has 0 saturated carbocycles. The molecule has 0 radical (unpaired) electrons. The molecule has 0 bridgehead atoms. The number of aromatic nitrogens is 1. The van der Waals surface area contributed by atoms with Crippen molar-refractivity contribution < 1.29 is 48.3 Å². The summed E-state index contributed by atoms with van der Waals surface area (Å²) in [5.74, 6) is 1.28. The Labute approximate surface area is 590 Å². The summed E-state index contributed by atoms with van der Waals surface area (Å²) in [6.45, 7) is 36.0. The number of carboxylic acids is 1. The van der Waals surface area contributed by atoms with Gasteiger partial charge in [-0.2, -0.15) is 0 Å². The number of rotatable bonds is 31. The smallest absolute Gasteiger partial charge is 0.408 e. The summed E-state index contributed by atoms with van der Waals surface area (Å²) in [6.07, 6.45) is 3.72. The highest BCUT2D eigenvalue weighted by Crippen LogP contribution is 2.38. The summed E-state index contributed by atoms with van der Waals surface area (Å²) in [5, 5.41) is 25.6. The molecule has 4 rings (SSSR count). The molecule has 0 aliphatic rings. The van der Waals surface area contributed by atoms with Gasteiger partial charge in [0.15, 0.2) is 22.4 Å². The lowest BCUT2D eigenvalue weighted by molar-refractivity contribution is -0.388. The average molecular weight is 1460 g/mol. The molecule has 26 heteroatoms. The number of nitrogens with two attached hydrogens (primary N) is 1. The van der Waals surface area contributed by atoms with Crippen LogP contribution in [0, 0.1) is 10.1 Å². The Bertz CT molecular complexity index is 2850. The van der Waals surface area contributed by atoms with Crippen molar-refractivity contribution in [2.45, 2.75) is 223 Å². The molecule has 3 aromatic carbocycles. The fraction of sp³-hybridized carbons (Fsp3) is 0.567. The largest absolute Gasteiger partial charge is 0.480 e. The van der Waals surface area contributed by atoms with Gasteiger partial charge < -0.3 is 30.9 Å². The number of amides is 2. The Morgan fingerprint density at radius 2 is 0.828 bits per heavy atom. The summed E-state index contributed by atoms with van der Waals surface area (Å²) >= 11 is 1.05. The van der Waals surface area contributed by atoms with E-state index in [1.54, 1.807) is 96.3 Å². The second-order valence-corrected chi connectivity index (χ2v) is 40.5. The first-order chi connectivity index (χ1) is 43.0. The van der Waals surface area contributed by atoms with Crippen molar-refractivity contribution in [2.75, 3.05) is 23.0 Å². The lowest BCUT2D eigenvalue weighted by Crippen LogP contribution is -2.45. The van der Waals surface area contributed by atoms with E-state index in [-0.39, 0.29) is 58.8 Å². The van der Waals surface area contributed by atoms with Gasteiger partial charge in [-0.15, -0.1) is 0 Å². The first-order valence-corrected chi connectivity index (χ1v) is 40.5. The second-order valence-electron chi connectivity index (χ2n) is 27.0. The van der Waals surface area contributed by atoms with E-state index in [2.05, 4.69) is 82.7 Å². The zero-order valence-corrected chi connectivity index (χ0v) is 64.8. The molecule has 0 aliphatic carbocycles. The van der Waals surface area contributed by atoms with Crippen molar-refractivity contribution in [1.29, 1.82) is 0 Å². The molecule has 93 heavy (non-hydrogen) atoms. The molecule has 0 unspecified atom stereocenters. The van der Waals surface area contributed by atoms with E-state index < -0.39 is 52.4 Å². The minimum Gasteiger partial charge on any atom is -0.480 e. The number of aryl methyl sites for hydroxylation is 3. The van der Waals surface area contributed by atoms with Gasteiger partial charge in [-0.3, -0.25) is 24.5 Å². The minimum absolute atomic E-state index is 0.0294. The van der Waals surface area contributed by atoms with Crippen molar-refractivity contribution >= 4 is 139 Å². The van der Waals surface area contributed by atoms with Gasteiger partial charge in [0.1, 0.15) is 23.3 Å². The molecule has 6 N–H and O–H groups in total. The van der Waals surface area contributed by atoms with Crippen LogP contribution in [0.5, 0.6) is 0 Å². The van der Waals surface area contributed by atoms with Crippen LogP contribution in [0.25, 0.3) is 0 Å². The van der Waals surface area contributed by atoms with Gasteiger partial charge in [0.25, 0.3) is 0 Å². The molecule has 1 heterocycles. The van der Waals surface area contributed by atoms with E-state index in [1.807, 2.05) is 133 Å². The summed E-state index contributed by atoms with van der Waals surface area (Å²) in [5.41, 5.74) is 8.06. The van der Waals surface area contributed by atoms with Gasteiger partial charge in [0, 0.05) is 73.5 Å². The predicted molar refractivity (Wildman–Crippen MR) is 404 cm³/mol. The topological polar surface area (TPSA) is 259 Å². The predicted octanol–water partition coefficient (Wildman–Crippen LogP) is 17.4. The maximum atomic E-state index is 12.9. The Hall–Kier alpha value is -3.70. The van der Waals surface area contributed by atoms with E-state index in [1.165, 1.54) is 34.7 Å². The SMILES string of the molecule is CC(C)(C)OC(=O)N[C@@H](CSSC(C)(C)C)C(=O)CCc1ccccc1.CC(C)(C)OC(=O)N[C@@H](CSSC(C)(C)C)C(=O)O.CC(C)(C)SSC[C@H](N)C(=O)CCc1ccccc1.CC(C)(C)SSC[C@H](NSc1ncccc1[N+](=O)[O-])C(=O)CCc1ccccc1. The number of ketones is 3. The zero-order valence-electron chi connectivity index (χ0n) is 57.4. The Kier molecular flexibility index (Phi) is 41.6. The molecule has 0 spiro atoms. The summed E-state index contributed by atoms with van der Waals surface area (Å²) in [7, 11) is 13.1. The number of hydrogen-bond donors (Lipinski definition) is 5. The van der Waals surface area contributed by atoms with Crippen LogP contribution in [0.15, 0.2) is 114 Å². The summed E-state index contributed by atoms with van der Waals surface area (Å²) in [4.78, 5) is 87.0. The van der Waals surface area contributed by atoms with Crippen molar-refractivity contribution in [1.82, 2.24) is 20.3 Å². The third kappa shape index (κ3) is 47.8. The Morgan fingerprint density at radius 3 is 1.18 bits per heavy atom. The quantitative estimate of drug-likeness (QED) is 0.0136. The van der Waals surface area contributed by atoms with Gasteiger partial charge in [-0.25, -0.2) is 24.1 Å². The first-order valence-electron chi connectivity index (χ1n) is 30.4. The van der Waals surface area contributed by atoms with Gasteiger partial charge >= 0.3 is 23.8 Å². The number of nitro groups is 1. The maximum Gasteiger partial charge on any atom is 0.408 e. The highest BCUT2D eigenvalue weighted by Gasteiger charge is 2.28. The monoisotopic (exact) mass is 1450 g/mol. The van der Waals surface area contributed by atoms with E-state index >= 15 is 0 Å². The number of carbonyl (C=O) groups is 6. The van der Waals surface area contributed by atoms with Crippen LogP contribution in [-0.2, 0) is 47.9 Å². The third-order valence-electron chi connectivity index (χ3n) is 10.8. The number of aliphatic carboxylic acids is 1. The van der Waals surface area contributed by atoms with Crippen LogP contribution in [0.1, 0.15) is 161 Å². The van der Waals surface area contributed by atoms with Crippen LogP contribution in [0.4, 0.5) is 15.3 Å². The molecule has 4 aromatic rings. The van der Waals surface area contributed by atoms with Crippen molar-refractivity contribution in [2.24, 2.45) is 5.73 Å². The summed E-state index contributed by atoms with van der Waals surface area (Å²) < 4.78 is 13.9. The van der Waals surface area contributed by atoms with Crippen LogP contribution >= 0.6 is 98.3 Å². The number of ether oxygens (including phenoxy) is 2. The highest BCUT2D eigenvalue weighted by molar-refractivity contribution is 8.78. The number of carboxylic acid groups (broad SMARTS) is 1. The summed E-state index contributed by atoms with van der Waals surface area (Å²) in [6, 6.07) is 30.5. The maximum absolute atomic E-state index is 12.9.